The largest absolute Gasteiger partial charge is 0.478 e. The molecule has 0 amide bonds. The van der Waals surface area contributed by atoms with Gasteiger partial charge in [-0.3, -0.25) is 0 Å². The molecule has 0 fully saturated rings. The van der Waals surface area contributed by atoms with Crippen molar-refractivity contribution in [2.45, 2.75) is 12.8 Å². The molecule has 2 aromatic carbocycles. The fourth-order valence-electron chi connectivity index (χ4n) is 2.54. The molecule has 0 atom stereocenters. The van der Waals surface area contributed by atoms with Crippen molar-refractivity contribution in [1.82, 2.24) is 9.78 Å². The standard InChI is InChI=1S/C20H18N2O2/c23-20(24)14-12-17-15-22(18-9-5-2-6-10-18)21-19(17)13-11-16-7-3-1-4-8-16/h1-10,12,14-15H,11,13H2,(H,23,24)/b14-12-. The van der Waals surface area contributed by atoms with Gasteiger partial charge in [0.15, 0.2) is 0 Å². The predicted octanol–water partition coefficient (Wildman–Crippen LogP) is 3.76. The van der Waals surface area contributed by atoms with Gasteiger partial charge in [-0.1, -0.05) is 48.5 Å². The molecule has 0 aliphatic heterocycles. The van der Waals surface area contributed by atoms with Crippen molar-refractivity contribution in [3.8, 4) is 5.69 Å². The molecule has 1 aromatic heterocycles. The van der Waals surface area contributed by atoms with Gasteiger partial charge in [0.2, 0.25) is 0 Å². The van der Waals surface area contributed by atoms with Crippen LogP contribution in [-0.4, -0.2) is 20.9 Å². The van der Waals surface area contributed by atoms with Crippen LogP contribution in [0.1, 0.15) is 16.8 Å². The van der Waals surface area contributed by atoms with Gasteiger partial charge in [0.05, 0.1) is 11.4 Å². The van der Waals surface area contributed by atoms with E-state index < -0.39 is 5.97 Å². The lowest BCUT2D eigenvalue weighted by Crippen LogP contribution is -1.97. The molecular formula is C20H18N2O2. The van der Waals surface area contributed by atoms with E-state index in [1.807, 2.05) is 54.7 Å². The molecule has 4 nitrogen and oxygen atoms in total. The summed E-state index contributed by atoms with van der Waals surface area (Å²) in [6.07, 6.45) is 6.24. The zero-order valence-corrected chi connectivity index (χ0v) is 13.2. The van der Waals surface area contributed by atoms with Crippen molar-refractivity contribution in [3.05, 3.63) is 89.8 Å². The average molecular weight is 318 g/mol. The van der Waals surface area contributed by atoms with Crippen LogP contribution in [0.15, 0.2) is 72.9 Å². The highest BCUT2D eigenvalue weighted by atomic mass is 16.4. The zero-order chi connectivity index (χ0) is 16.8. The van der Waals surface area contributed by atoms with Crippen molar-refractivity contribution >= 4 is 12.0 Å². The van der Waals surface area contributed by atoms with Crippen molar-refractivity contribution in [2.75, 3.05) is 0 Å². The summed E-state index contributed by atoms with van der Waals surface area (Å²) in [4.78, 5) is 10.8. The highest BCUT2D eigenvalue weighted by Crippen LogP contribution is 2.16. The molecular weight excluding hydrogens is 300 g/mol. The molecule has 0 aliphatic rings. The first-order valence-corrected chi connectivity index (χ1v) is 7.81. The van der Waals surface area contributed by atoms with E-state index in [1.54, 1.807) is 10.8 Å². The Morgan fingerprint density at radius 1 is 1.00 bits per heavy atom. The maximum Gasteiger partial charge on any atom is 0.328 e. The molecule has 0 bridgehead atoms. The van der Waals surface area contributed by atoms with Crippen molar-refractivity contribution < 1.29 is 9.90 Å². The van der Waals surface area contributed by atoms with Crippen molar-refractivity contribution in [2.24, 2.45) is 0 Å². The number of rotatable bonds is 6. The quantitative estimate of drug-likeness (QED) is 0.704. The number of aliphatic carboxylic acids is 1. The second kappa shape index (κ2) is 7.42. The molecule has 0 spiro atoms. The lowest BCUT2D eigenvalue weighted by atomic mass is 10.1. The van der Waals surface area contributed by atoms with Gasteiger partial charge < -0.3 is 5.11 Å². The van der Waals surface area contributed by atoms with Gasteiger partial charge in [-0.05, 0) is 36.6 Å². The van der Waals surface area contributed by atoms with Gasteiger partial charge >= 0.3 is 5.97 Å². The first-order valence-electron chi connectivity index (χ1n) is 7.81. The molecule has 120 valence electrons. The van der Waals surface area contributed by atoms with Crippen molar-refractivity contribution in [3.63, 3.8) is 0 Å². The fraction of sp³-hybridized carbons (Fsp3) is 0.100. The van der Waals surface area contributed by atoms with Crippen LogP contribution in [0.25, 0.3) is 11.8 Å². The summed E-state index contributed by atoms with van der Waals surface area (Å²) in [5.41, 5.74) is 3.91. The number of carbonyl (C=O) groups is 1. The summed E-state index contributed by atoms with van der Waals surface area (Å²) in [6.45, 7) is 0. The number of benzene rings is 2. The van der Waals surface area contributed by atoms with Crippen LogP contribution in [0, 0.1) is 0 Å². The summed E-state index contributed by atoms with van der Waals surface area (Å²) >= 11 is 0. The van der Waals surface area contributed by atoms with E-state index >= 15 is 0 Å². The summed E-state index contributed by atoms with van der Waals surface area (Å²) in [7, 11) is 0. The zero-order valence-electron chi connectivity index (χ0n) is 13.2. The smallest absolute Gasteiger partial charge is 0.328 e. The molecule has 24 heavy (non-hydrogen) atoms. The van der Waals surface area contributed by atoms with E-state index in [1.165, 1.54) is 5.56 Å². The van der Waals surface area contributed by atoms with Crippen LogP contribution in [0.5, 0.6) is 0 Å². The normalized spacial score (nSPS) is 11.0. The maximum absolute atomic E-state index is 10.8. The Balaban J connectivity index is 1.87. The number of para-hydroxylation sites is 1. The van der Waals surface area contributed by atoms with E-state index in [0.717, 1.165) is 35.9 Å². The SMILES string of the molecule is O=C(O)/C=C\c1cn(-c2ccccc2)nc1CCc1ccccc1. The number of hydrogen-bond donors (Lipinski definition) is 1. The average Bonchev–Trinajstić information content (AvgIpc) is 3.03. The first-order chi connectivity index (χ1) is 11.7. The third-order valence-electron chi connectivity index (χ3n) is 3.74. The molecule has 1 N–H and O–H groups in total. The van der Waals surface area contributed by atoms with Crippen LogP contribution in [0.2, 0.25) is 0 Å². The van der Waals surface area contributed by atoms with Gasteiger partial charge in [0.1, 0.15) is 0 Å². The van der Waals surface area contributed by atoms with E-state index in [9.17, 15) is 4.79 Å². The second-order valence-electron chi connectivity index (χ2n) is 5.47. The van der Waals surface area contributed by atoms with Gasteiger partial charge in [-0.25, -0.2) is 9.48 Å². The Morgan fingerprint density at radius 2 is 1.67 bits per heavy atom. The summed E-state index contributed by atoms with van der Waals surface area (Å²) in [6, 6.07) is 20.0. The minimum atomic E-state index is -0.962. The highest BCUT2D eigenvalue weighted by Gasteiger charge is 2.09. The van der Waals surface area contributed by atoms with Crippen LogP contribution in [0.3, 0.4) is 0 Å². The summed E-state index contributed by atoms with van der Waals surface area (Å²) in [5.74, 6) is -0.962. The highest BCUT2D eigenvalue weighted by molar-refractivity contribution is 5.85. The topological polar surface area (TPSA) is 55.1 Å². The lowest BCUT2D eigenvalue weighted by Gasteiger charge is -2.01. The van der Waals surface area contributed by atoms with Crippen LogP contribution in [-0.2, 0) is 17.6 Å². The van der Waals surface area contributed by atoms with Crippen LogP contribution >= 0.6 is 0 Å². The second-order valence-corrected chi connectivity index (χ2v) is 5.47. The number of aromatic nitrogens is 2. The monoisotopic (exact) mass is 318 g/mol. The van der Waals surface area contributed by atoms with E-state index in [4.69, 9.17) is 5.11 Å². The lowest BCUT2D eigenvalue weighted by molar-refractivity contribution is -0.131. The Hall–Kier alpha value is -3.14. The van der Waals surface area contributed by atoms with E-state index in [0.29, 0.717) is 0 Å². The van der Waals surface area contributed by atoms with Crippen molar-refractivity contribution in [1.29, 1.82) is 0 Å². The number of carboxylic acids is 1. The minimum absolute atomic E-state index is 0.753. The summed E-state index contributed by atoms with van der Waals surface area (Å²) < 4.78 is 1.79. The summed E-state index contributed by atoms with van der Waals surface area (Å²) in [5, 5.41) is 13.5. The molecule has 0 saturated heterocycles. The predicted molar refractivity (Wildman–Crippen MR) is 94.1 cm³/mol. The molecule has 3 aromatic rings. The molecule has 4 heteroatoms. The number of nitrogens with zero attached hydrogens (tertiary/aromatic N) is 2. The Labute approximate surface area is 140 Å². The number of aryl methyl sites for hydroxylation is 2. The van der Waals surface area contributed by atoms with Gasteiger partial charge in [0, 0.05) is 17.8 Å². The maximum atomic E-state index is 10.8. The van der Waals surface area contributed by atoms with Gasteiger partial charge in [0.25, 0.3) is 0 Å². The molecule has 0 aliphatic carbocycles. The first kappa shape index (κ1) is 15.7. The Kier molecular flexibility index (Phi) is 4.87. The molecule has 3 rings (SSSR count). The van der Waals surface area contributed by atoms with Crippen LogP contribution in [0.4, 0.5) is 0 Å². The van der Waals surface area contributed by atoms with Crippen LogP contribution < -0.4 is 0 Å². The number of carboxylic acid groups (broad SMARTS) is 1. The number of hydrogen-bond acceptors (Lipinski definition) is 2. The third-order valence-corrected chi connectivity index (χ3v) is 3.74. The van der Waals surface area contributed by atoms with E-state index in [-0.39, 0.29) is 0 Å². The van der Waals surface area contributed by atoms with Gasteiger partial charge in [-0.15, -0.1) is 0 Å². The Morgan fingerprint density at radius 3 is 2.33 bits per heavy atom. The molecule has 1 heterocycles. The third kappa shape index (κ3) is 3.98. The molecule has 0 saturated carbocycles. The minimum Gasteiger partial charge on any atom is -0.478 e. The molecule has 0 radical (unpaired) electrons. The van der Waals surface area contributed by atoms with Gasteiger partial charge in [-0.2, -0.15) is 5.10 Å². The fourth-order valence-corrected chi connectivity index (χ4v) is 2.54. The Bertz CT molecular complexity index is 837. The molecule has 0 unspecified atom stereocenters. The van der Waals surface area contributed by atoms with E-state index in [2.05, 4.69) is 17.2 Å².